The highest BCUT2D eigenvalue weighted by Crippen LogP contribution is 2.38. The van der Waals surface area contributed by atoms with E-state index in [-0.39, 0.29) is 18.3 Å². The van der Waals surface area contributed by atoms with Gasteiger partial charge in [-0.15, -0.1) is 5.10 Å². The van der Waals surface area contributed by atoms with Gasteiger partial charge in [0, 0.05) is 37.9 Å². The van der Waals surface area contributed by atoms with E-state index in [0.717, 1.165) is 57.4 Å². The second-order valence-corrected chi connectivity index (χ2v) is 9.45. The molecule has 1 saturated carbocycles. The van der Waals surface area contributed by atoms with E-state index in [1.807, 2.05) is 43.7 Å². The van der Waals surface area contributed by atoms with E-state index >= 15 is 0 Å². The van der Waals surface area contributed by atoms with Crippen LogP contribution >= 0.6 is 0 Å². The first kappa shape index (κ1) is 23.7. The van der Waals surface area contributed by atoms with E-state index in [1.54, 1.807) is 0 Å². The fourth-order valence-electron chi connectivity index (χ4n) is 5.53. The van der Waals surface area contributed by atoms with Crippen LogP contribution in [-0.2, 0) is 11.3 Å². The molecule has 0 saturated heterocycles. The Morgan fingerprint density at radius 1 is 1.11 bits per heavy atom. The molecule has 4 heterocycles. The number of imidazole rings is 2. The second kappa shape index (κ2) is 11.6. The van der Waals surface area contributed by atoms with Crippen LogP contribution < -0.4 is 5.73 Å². The molecule has 3 atom stereocenters. The van der Waals surface area contributed by atoms with E-state index in [1.165, 1.54) is 12.8 Å². The Hall–Kier alpha value is -3.05. The van der Waals surface area contributed by atoms with Crippen LogP contribution in [0.15, 0.2) is 49.8 Å². The maximum atomic E-state index is 6.26. The van der Waals surface area contributed by atoms with Crippen LogP contribution in [-0.4, -0.2) is 63.4 Å². The number of nitrogens with two attached hydrogens (primary N) is 1. The van der Waals surface area contributed by atoms with Crippen molar-refractivity contribution in [2.24, 2.45) is 5.73 Å². The lowest BCUT2D eigenvalue weighted by Gasteiger charge is -2.41. The number of allylic oxidation sites excluding steroid dienone is 1. The van der Waals surface area contributed by atoms with Crippen molar-refractivity contribution in [1.82, 2.24) is 44.2 Å². The van der Waals surface area contributed by atoms with Gasteiger partial charge in [-0.1, -0.05) is 12.8 Å². The molecule has 11 heteroatoms. The van der Waals surface area contributed by atoms with Crippen molar-refractivity contribution >= 4 is 0 Å². The minimum Gasteiger partial charge on any atom is -0.496 e. The van der Waals surface area contributed by atoms with E-state index < -0.39 is 0 Å². The van der Waals surface area contributed by atoms with Gasteiger partial charge in [0.25, 0.3) is 0 Å². The third-order valence-corrected chi connectivity index (χ3v) is 7.20. The number of rotatable bonds is 12. The fraction of sp³-hybridized carbons (Fsp3) is 0.625. The molecule has 188 valence electrons. The van der Waals surface area contributed by atoms with Crippen LogP contribution in [0, 0.1) is 0 Å². The number of nitrogens with zero attached hydrogens (tertiary/aromatic N) is 9. The summed E-state index contributed by atoms with van der Waals surface area (Å²) >= 11 is 0. The summed E-state index contributed by atoms with van der Waals surface area (Å²) in [6, 6.07) is 0.230. The van der Waals surface area contributed by atoms with Crippen molar-refractivity contribution in [3.05, 3.63) is 55.6 Å². The average Bonchev–Trinajstić information content (AvgIpc) is 3.71. The lowest BCUT2D eigenvalue weighted by Crippen LogP contribution is -2.45. The number of hydrogen-bond acceptors (Lipinski definition) is 8. The van der Waals surface area contributed by atoms with Gasteiger partial charge >= 0.3 is 0 Å². The maximum Gasteiger partial charge on any atom is 0.172 e. The first-order valence-electron chi connectivity index (χ1n) is 12.8. The van der Waals surface area contributed by atoms with Gasteiger partial charge in [-0.05, 0) is 61.6 Å². The quantitative estimate of drug-likeness (QED) is 0.420. The molecule has 1 fully saturated rings. The highest BCUT2D eigenvalue weighted by Gasteiger charge is 2.40. The lowest BCUT2D eigenvalue weighted by atomic mass is 9.99. The summed E-state index contributed by atoms with van der Waals surface area (Å²) in [5, 5.41) is 13.3. The molecule has 3 aromatic rings. The highest BCUT2D eigenvalue weighted by molar-refractivity contribution is 5.04. The lowest BCUT2D eigenvalue weighted by molar-refractivity contribution is -0.0247. The Morgan fingerprint density at radius 2 is 1.97 bits per heavy atom. The van der Waals surface area contributed by atoms with Crippen molar-refractivity contribution in [2.75, 3.05) is 13.1 Å². The molecule has 3 aromatic heterocycles. The van der Waals surface area contributed by atoms with Gasteiger partial charge in [0.15, 0.2) is 5.82 Å². The molecular weight excluding hydrogens is 444 g/mol. The monoisotopic (exact) mass is 480 g/mol. The summed E-state index contributed by atoms with van der Waals surface area (Å²) < 4.78 is 12.6. The Kier molecular flexibility index (Phi) is 7.84. The number of ether oxygens (including phenoxy) is 1. The molecule has 35 heavy (non-hydrogen) atoms. The van der Waals surface area contributed by atoms with Crippen molar-refractivity contribution in [3.63, 3.8) is 0 Å². The average molecular weight is 481 g/mol. The van der Waals surface area contributed by atoms with Crippen molar-refractivity contribution in [2.45, 2.75) is 82.3 Å². The van der Waals surface area contributed by atoms with Crippen molar-refractivity contribution in [1.29, 1.82) is 0 Å². The molecule has 3 unspecified atom stereocenters. The van der Waals surface area contributed by atoms with E-state index in [0.29, 0.717) is 12.6 Å². The largest absolute Gasteiger partial charge is 0.496 e. The molecule has 1 aliphatic heterocycles. The third-order valence-electron chi connectivity index (χ3n) is 7.20. The first-order valence-corrected chi connectivity index (χ1v) is 12.8. The van der Waals surface area contributed by atoms with Gasteiger partial charge in [-0.2, -0.15) is 0 Å². The van der Waals surface area contributed by atoms with Crippen LogP contribution in [0.4, 0.5) is 0 Å². The topological polar surface area (TPSA) is 118 Å². The van der Waals surface area contributed by atoms with Gasteiger partial charge < -0.3 is 19.6 Å². The zero-order valence-corrected chi connectivity index (χ0v) is 20.2. The van der Waals surface area contributed by atoms with Gasteiger partial charge in [0.2, 0.25) is 0 Å². The Balaban J connectivity index is 1.51. The maximum absolute atomic E-state index is 6.26. The van der Waals surface area contributed by atoms with E-state index in [4.69, 9.17) is 10.5 Å². The first-order chi connectivity index (χ1) is 17.3. The second-order valence-electron chi connectivity index (χ2n) is 9.45. The SMILES string of the molecule is NCCC(N(CCCn1ccnc1)C(c1nnnn1C1CCCC1)C1CCC=CO1)n1ccnc1. The summed E-state index contributed by atoms with van der Waals surface area (Å²) in [6.07, 6.45) is 23.6. The summed E-state index contributed by atoms with van der Waals surface area (Å²) in [4.78, 5) is 11.0. The van der Waals surface area contributed by atoms with E-state index in [2.05, 4.69) is 50.3 Å². The zero-order valence-electron chi connectivity index (χ0n) is 20.2. The molecule has 2 N–H and O–H groups in total. The molecule has 2 aliphatic rings. The molecule has 0 aromatic carbocycles. The number of aromatic nitrogens is 8. The molecule has 0 bridgehead atoms. The Morgan fingerprint density at radius 3 is 2.69 bits per heavy atom. The fourth-order valence-corrected chi connectivity index (χ4v) is 5.53. The molecule has 0 spiro atoms. The van der Waals surface area contributed by atoms with Crippen LogP contribution in [0.5, 0.6) is 0 Å². The smallest absolute Gasteiger partial charge is 0.172 e. The van der Waals surface area contributed by atoms with Crippen molar-refractivity contribution in [3.8, 4) is 0 Å². The van der Waals surface area contributed by atoms with Crippen LogP contribution in [0.3, 0.4) is 0 Å². The molecular formula is C24H36N10O. The normalized spacial score (nSPS) is 20.3. The van der Waals surface area contributed by atoms with Crippen molar-refractivity contribution < 1.29 is 4.74 Å². The Labute approximate surface area is 206 Å². The number of tetrazole rings is 1. The summed E-state index contributed by atoms with van der Waals surface area (Å²) in [6.45, 7) is 2.26. The standard InChI is InChI=1S/C24H36N10O/c25-10-9-22(32-16-12-27-19-32)33(14-5-13-31-15-11-26-18-31)23(21-8-3-4-17-35-21)24-28-29-30-34(24)20-6-1-2-7-20/h4,11-12,15-23H,1-3,5-10,13-14,25H2. The minimum atomic E-state index is -0.114. The van der Waals surface area contributed by atoms with Gasteiger partial charge in [-0.3, -0.25) is 4.90 Å². The number of aryl methyl sites for hydroxylation is 1. The zero-order chi connectivity index (χ0) is 23.9. The van der Waals surface area contributed by atoms with Crippen LogP contribution in [0.2, 0.25) is 0 Å². The predicted octanol–water partition coefficient (Wildman–Crippen LogP) is 2.85. The summed E-state index contributed by atoms with van der Waals surface area (Å²) in [5.74, 6) is 0.891. The van der Waals surface area contributed by atoms with Gasteiger partial charge in [0.05, 0.1) is 31.1 Å². The molecule has 0 amide bonds. The summed E-state index contributed by atoms with van der Waals surface area (Å²) in [7, 11) is 0. The molecule has 5 rings (SSSR count). The molecule has 11 nitrogen and oxygen atoms in total. The predicted molar refractivity (Wildman–Crippen MR) is 130 cm³/mol. The molecule has 1 aliphatic carbocycles. The Bertz CT molecular complexity index is 1020. The van der Waals surface area contributed by atoms with Gasteiger partial charge in [0.1, 0.15) is 12.1 Å². The van der Waals surface area contributed by atoms with E-state index in [9.17, 15) is 0 Å². The van der Waals surface area contributed by atoms with Crippen LogP contribution in [0.25, 0.3) is 0 Å². The van der Waals surface area contributed by atoms with Gasteiger partial charge in [-0.25, -0.2) is 14.6 Å². The number of hydrogen-bond donors (Lipinski definition) is 1. The van der Waals surface area contributed by atoms with Crippen LogP contribution in [0.1, 0.15) is 75.4 Å². The highest BCUT2D eigenvalue weighted by atomic mass is 16.5. The third kappa shape index (κ3) is 5.46. The molecule has 0 radical (unpaired) electrons. The minimum absolute atomic E-state index is 0.0125. The summed E-state index contributed by atoms with van der Waals surface area (Å²) in [5.41, 5.74) is 6.15.